The topological polar surface area (TPSA) is 120 Å². The number of aromatic nitrogens is 2. The molecule has 0 amide bonds. The van der Waals surface area contributed by atoms with Crippen molar-refractivity contribution in [1.82, 2.24) is 10.2 Å². The number of aryl methyl sites for hydroxylation is 1. The van der Waals surface area contributed by atoms with Gasteiger partial charge in [-0.05, 0) is 31.2 Å². The minimum absolute atomic E-state index is 0.0547. The summed E-state index contributed by atoms with van der Waals surface area (Å²) in [5.41, 5.74) is 1.95. The highest BCUT2D eigenvalue weighted by Crippen LogP contribution is 2.25. The number of rotatable bonds is 6. The molecule has 1 N–H and O–H groups in total. The standard InChI is InChI=1S/C18H16N4O5/c1-11-4-3-5-12(8-11)17-21-20-16(27-17)10-26-18(23)13-6-7-14(19-2)15(9-13)22(24)25/h3-9,19H,10H2,1-2H3. The molecular formula is C18H16N4O5. The van der Waals surface area contributed by atoms with Crippen molar-refractivity contribution in [3.63, 3.8) is 0 Å². The highest BCUT2D eigenvalue weighted by atomic mass is 16.6. The van der Waals surface area contributed by atoms with E-state index in [1.165, 1.54) is 12.1 Å². The van der Waals surface area contributed by atoms with E-state index >= 15 is 0 Å². The summed E-state index contributed by atoms with van der Waals surface area (Å²) in [6.07, 6.45) is 0. The zero-order valence-corrected chi connectivity index (χ0v) is 14.6. The van der Waals surface area contributed by atoms with Crippen LogP contribution in [0, 0.1) is 17.0 Å². The number of carbonyl (C=O) groups is 1. The Balaban J connectivity index is 1.69. The highest BCUT2D eigenvalue weighted by Gasteiger charge is 2.18. The van der Waals surface area contributed by atoms with Crippen LogP contribution in [0.4, 0.5) is 11.4 Å². The van der Waals surface area contributed by atoms with Crippen LogP contribution >= 0.6 is 0 Å². The van der Waals surface area contributed by atoms with Gasteiger partial charge in [-0.3, -0.25) is 10.1 Å². The van der Waals surface area contributed by atoms with E-state index in [2.05, 4.69) is 15.5 Å². The zero-order valence-electron chi connectivity index (χ0n) is 14.6. The normalized spacial score (nSPS) is 10.4. The predicted molar refractivity (Wildman–Crippen MR) is 96.2 cm³/mol. The summed E-state index contributed by atoms with van der Waals surface area (Å²) in [4.78, 5) is 22.7. The molecule has 3 rings (SSSR count). The average molecular weight is 368 g/mol. The second-order valence-corrected chi connectivity index (χ2v) is 5.69. The number of nitrogens with one attached hydrogen (secondary N) is 1. The van der Waals surface area contributed by atoms with Crippen molar-refractivity contribution in [1.29, 1.82) is 0 Å². The molecule has 9 heteroatoms. The van der Waals surface area contributed by atoms with Crippen LogP contribution in [-0.4, -0.2) is 28.1 Å². The van der Waals surface area contributed by atoms with Crippen LogP contribution < -0.4 is 5.32 Å². The maximum absolute atomic E-state index is 12.2. The van der Waals surface area contributed by atoms with Gasteiger partial charge in [0.1, 0.15) is 5.69 Å². The van der Waals surface area contributed by atoms with Crippen molar-refractivity contribution in [2.75, 3.05) is 12.4 Å². The van der Waals surface area contributed by atoms with Gasteiger partial charge in [-0.15, -0.1) is 10.2 Å². The summed E-state index contributed by atoms with van der Waals surface area (Å²) >= 11 is 0. The second-order valence-electron chi connectivity index (χ2n) is 5.69. The van der Waals surface area contributed by atoms with Crippen molar-refractivity contribution in [2.24, 2.45) is 0 Å². The van der Waals surface area contributed by atoms with E-state index in [4.69, 9.17) is 9.15 Å². The number of nitro groups is 1. The molecule has 0 spiro atoms. The first-order valence-electron chi connectivity index (χ1n) is 8.00. The Hall–Kier alpha value is -3.75. The van der Waals surface area contributed by atoms with Gasteiger partial charge in [0, 0.05) is 18.7 Å². The Kier molecular flexibility index (Phi) is 5.11. The molecule has 0 fully saturated rings. The van der Waals surface area contributed by atoms with Crippen LogP contribution in [0.2, 0.25) is 0 Å². The van der Waals surface area contributed by atoms with Crippen LogP contribution in [0.5, 0.6) is 0 Å². The van der Waals surface area contributed by atoms with Crippen molar-refractivity contribution < 1.29 is 18.9 Å². The lowest BCUT2D eigenvalue weighted by Gasteiger charge is -2.05. The van der Waals surface area contributed by atoms with Crippen molar-refractivity contribution in [3.05, 3.63) is 69.6 Å². The summed E-state index contributed by atoms with van der Waals surface area (Å²) in [5, 5.41) is 21.6. The molecular weight excluding hydrogens is 352 g/mol. The molecule has 0 saturated carbocycles. The maximum Gasteiger partial charge on any atom is 0.338 e. The molecule has 138 valence electrons. The third-order valence-electron chi connectivity index (χ3n) is 3.76. The number of hydrogen-bond donors (Lipinski definition) is 1. The molecule has 3 aromatic rings. The quantitative estimate of drug-likeness (QED) is 0.399. The number of ether oxygens (including phenoxy) is 1. The SMILES string of the molecule is CNc1ccc(C(=O)OCc2nnc(-c3cccc(C)c3)o2)cc1[N+](=O)[O-]. The fourth-order valence-electron chi connectivity index (χ4n) is 2.44. The average Bonchev–Trinajstić information content (AvgIpc) is 3.14. The third kappa shape index (κ3) is 4.09. The molecule has 9 nitrogen and oxygen atoms in total. The molecule has 0 aliphatic rings. The van der Waals surface area contributed by atoms with Gasteiger partial charge in [-0.2, -0.15) is 0 Å². The molecule has 27 heavy (non-hydrogen) atoms. The molecule has 1 aromatic heterocycles. The summed E-state index contributed by atoms with van der Waals surface area (Å²) < 4.78 is 10.6. The molecule has 0 saturated heterocycles. The molecule has 0 radical (unpaired) electrons. The Morgan fingerprint density at radius 1 is 1.26 bits per heavy atom. The van der Waals surface area contributed by atoms with Gasteiger partial charge >= 0.3 is 5.97 Å². The van der Waals surface area contributed by atoms with Crippen LogP contribution in [0.25, 0.3) is 11.5 Å². The van der Waals surface area contributed by atoms with Crippen molar-refractivity contribution in [2.45, 2.75) is 13.5 Å². The number of anilines is 1. The number of nitro benzene ring substituents is 1. The van der Waals surface area contributed by atoms with Gasteiger partial charge in [-0.1, -0.05) is 17.7 Å². The van der Waals surface area contributed by atoms with E-state index in [9.17, 15) is 14.9 Å². The summed E-state index contributed by atoms with van der Waals surface area (Å²) in [6.45, 7) is 1.71. The van der Waals surface area contributed by atoms with Crippen LogP contribution in [-0.2, 0) is 11.3 Å². The number of benzene rings is 2. The van der Waals surface area contributed by atoms with Gasteiger partial charge in [0.15, 0.2) is 6.61 Å². The zero-order chi connectivity index (χ0) is 19.4. The lowest BCUT2D eigenvalue weighted by atomic mass is 10.1. The highest BCUT2D eigenvalue weighted by molar-refractivity contribution is 5.91. The maximum atomic E-state index is 12.2. The van der Waals surface area contributed by atoms with Gasteiger partial charge in [0.25, 0.3) is 11.6 Å². The number of hydrogen-bond acceptors (Lipinski definition) is 8. The first-order valence-corrected chi connectivity index (χ1v) is 8.00. The lowest BCUT2D eigenvalue weighted by Crippen LogP contribution is -2.07. The molecule has 0 bridgehead atoms. The number of carbonyl (C=O) groups excluding carboxylic acids is 1. The number of nitrogens with zero attached hydrogens (tertiary/aromatic N) is 3. The summed E-state index contributed by atoms with van der Waals surface area (Å²) in [5.74, 6) is -0.281. The molecule has 2 aromatic carbocycles. The Morgan fingerprint density at radius 3 is 2.78 bits per heavy atom. The Labute approximate surface area is 154 Å². The van der Waals surface area contributed by atoms with Gasteiger partial charge in [0.2, 0.25) is 5.89 Å². The Bertz CT molecular complexity index is 999. The first kappa shape index (κ1) is 18.1. The largest absolute Gasteiger partial charge is 0.452 e. The van der Waals surface area contributed by atoms with Crippen LogP contribution in [0.15, 0.2) is 46.9 Å². The van der Waals surface area contributed by atoms with Gasteiger partial charge < -0.3 is 14.5 Å². The lowest BCUT2D eigenvalue weighted by molar-refractivity contribution is -0.384. The molecule has 0 unspecified atom stereocenters. The van der Waals surface area contributed by atoms with Crippen molar-refractivity contribution in [3.8, 4) is 11.5 Å². The van der Waals surface area contributed by atoms with E-state index in [1.54, 1.807) is 7.05 Å². The smallest absolute Gasteiger partial charge is 0.338 e. The van der Waals surface area contributed by atoms with Crippen LogP contribution in [0.1, 0.15) is 21.8 Å². The minimum Gasteiger partial charge on any atom is -0.452 e. The first-order chi connectivity index (χ1) is 13.0. The predicted octanol–water partition coefficient (Wildman–Crippen LogP) is 3.35. The molecule has 1 heterocycles. The van der Waals surface area contributed by atoms with E-state index in [1.807, 2.05) is 31.2 Å². The third-order valence-corrected chi connectivity index (χ3v) is 3.76. The molecule has 0 aliphatic carbocycles. The molecule has 0 atom stereocenters. The van der Waals surface area contributed by atoms with Crippen molar-refractivity contribution >= 4 is 17.3 Å². The minimum atomic E-state index is -0.726. The van der Waals surface area contributed by atoms with E-state index in [-0.39, 0.29) is 23.7 Å². The van der Waals surface area contributed by atoms with Crippen LogP contribution in [0.3, 0.4) is 0 Å². The fraction of sp³-hybridized carbons (Fsp3) is 0.167. The van der Waals surface area contributed by atoms with E-state index in [0.717, 1.165) is 17.2 Å². The van der Waals surface area contributed by atoms with E-state index in [0.29, 0.717) is 11.6 Å². The Morgan fingerprint density at radius 2 is 2.07 bits per heavy atom. The second kappa shape index (κ2) is 7.65. The number of esters is 1. The van der Waals surface area contributed by atoms with E-state index < -0.39 is 10.9 Å². The van der Waals surface area contributed by atoms with Gasteiger partial charge in [0.05, 0.1) is 10.5 Å². The summed E-state index contributed by atoms with van der Waals surface area (Å²) in [6, 6.07) is 11.6. The monoisotopic (exact) mass is 368 g/mol. The fourth-order valence-corrected chi connectivity index (χ4v) is 2.44. The van der Waals surface area contributed by atoms with Gasteiger partial charge in [-0.25, -0.2) is 4.79 Å². The summed E-state index contributed by atoms with van der Waals surface area (Å²) in [7, 11) is 1.56. The molecule has 0 aliphatic heterocycles.